The number of hydrogen-bond donors (Lipinski definition) is 5. The predicted molar refractivity (Wildman–Crippen MR) is 125 cm³/mol. The van der Waals surface area contributed by atoms with Crippen molar-refractivity contribution in [3.63, 3.8) is 0 Å². The Balaban J connectivity index is 1.56. The molecule has 0 radical (unpaired) electrons. The molecule has 4 rings (SSSR count). The molecule has 0 unspecified atom stereocenters. The van der Waals surface area contributed by atoms with Crippen LogP contribution in [0.2, 0.25) is 9.36 Å². The molecule has 2 aromatic heterocycles. The standard InChI is InChI=1S/C21H20Cl2N4O5S/c1-27(20(30)13(28)8-24-21(31)32)17-10-5-3-2-4-9(10)6-11(17)26-19(29)12-7-14-16(25-12)15(22)18(23)33-14/h2-5,7,11,13,17,24-25,28H,6,8H2,1H3,(H,26,29)(H,31,32)/t11-,13+,17-/m1/s1. The van der Waals surface area contributed by atoms with Crippen molar-refractivity contribution in [2.24, 2.45) is 0 Å². The maximum absolute atomic E-state index is 13.0. The summed E-state index contributed by atoms with van der Waals surface area (Å²) in [4.78, 5) is 40.9. The first kappa shape index (κ1) is 23.4. The van der Waals surface area contributed by atoms with Crippen molar-refractivity contribution in [3.05, 3.63) is 56.5 Å². The molecule has 0 aliphatic heterocycles. The molecule has 3 amide bonds. The fraction of sp³-hybridized carbons (Fsp3) is 0.286. The summed E-state index contributed by atoms with van der Waals surface area (Å²) in [6.07, 6.45) is -2.42. The number of aliphatic hydroxyl groups excluding tert-OH is 1. The van der Waals surface area contributed by atoms with Gasteiger partial charge in [0.05, 0.1) is 33.9 Å². The van der Waals surface area contributed by atoms with Crippen molar-refractivity contribution in [2.75, 3.05) is 13.6 Å². The number of halogens is 2. The fourth-order valence-corrected chi connectivity index (χ4v) is 5.59. The van der Waals surface area contributed by atoms with E-state index in [1.165, 1.54) is 23.3 Å². The van der Waals surface area contributed by atoms with E-state index in [9.17, 15) is 19.5 Å². The minimum atomic E-state index is -1.56. The highest BCUT2D eigenvalue weighted by molar-refractivity contribution is 7.23. The number of carbonyl (C=O) groups excluding carboxylic acids is 2. The number of nitrogens with one attached hydrogen (secondary N) is 3. The normalized spacial score (nSPS) is 18.1. The van der Waals surface area contributed by atoms with E-state index in [-0.39, 0.29) is 5.91 Å². The molecule has 33 heavy (non-hydrogen) atoms. The number of benzene rings is 1. The van der Waals surface area contributed by atoms with Crippen molar-refractivity contribution in [3.8, 4) is 0 Å². The molecule has 0 spiro atoms. The van der Waals surface area contributed by atoms with Gasteiger partial charge in [0, 0.05) is 7.05 Å². The maximum Gasteiger partial charge on any atom is 0.404 e. The van der Waals surface area contributed by atoms with Gasteiger partial charge in [-0.3, -0.25) is 9.59 Å². The van der Waals surface area contributed by atoms with Gasteiger partial charge >= 0.3 is 6.09 Å². The number of nitrogens with zero attached hydrogens (tertiary/aromatic N) is 1. The van der Waals surface area contributed by atoms with Crippen molar-refractivity contribution in [2.45, 2.75) is 24.6 Å². The van der Waals surface area contributed by atoms with Gasteiger partial charge in [0.25, 0.3) is 11.8 Å². The predicted octanol–water partition coefficient (Wildman–Crippen LogP) is 3.02. The number of thiophene rings is 1. The van der Waals surface area contributed by atoms with E-state index in [4.69, 9.17) is 28.3 Å². The number of aromatic nitrogens is 1. The zero-order valence-electron chi connectivity index (χ0n) is 17.3. The molecule has 0 saturated carbocycles. The second kappa shape index (κ2) is 9.22. The molecule has 1 aromatic carbocycles. The van der Waals surface area contributed by atoms with Gasteiger partial charge < -0.3 is 30.7 Å². The van der Waals surface area contributed by atoms with Gasteiger partial charge in [0.1, 0.15) is 16.1 Å². The van der Waals surface area contributed by atoms with E-state index < -0.39 is 36.7 Å². The number of rotatable bonds is 6. The van der Waals surface area contributed by atoms with Gasteiger partial charge in [-0.15, -0.1) is 11.3 Å². The van der Waals surface area contributed by atoms with Crippen LogP contribution in [0.1, 0.15) is 27.7 Å². The second-order valence-electron chi connectivity index (χ2n) is 7.69. The average molecular weight is 511 g/mol. The molecule has 0 saturated heterocycles. The second-order valence-corrected chi connectivity index (χ2v) is 9.72. The van der Waals surface area contributed by atoms with Gasteiger partial charge in [-0.25, -0.2) is 4.79 Å². The summed E-state index contributed by atoms with van der Waals surface area (Å²) in [7, 11) is 1.52. The zero-order valence-corrected chi connectivity index (χ0v) is 19.6. The molecule has 0 fully saturated rings. The summed E-state index contributed by atoms with van der Waals surface area (Å²) >= 11 is 13.5. The van der Waals surface area contributed by atoms with Crippen LogP contribution in [0, 0.1) is 0 Å². The first-order valence-corrected chi connectivity index (χ1v) is 11.5. The molecular weight excluding hydrogens is 491 g/mol. The first-order chi connectivity index (χ1) is 15.7. The van der Waals surface area contributed by atoms with Crippen molar-refractivity contribution in [1.29, 1.82) is 0 Å². The van der Waals surface area contributed by atoms with E-state index in [0.717, 1.165) is 15.8 Å². The Morgan fingerprint density at radius 3 is 2.73 bits per heavy atom. The highest BCUT2D eigenvalue weighted by Gasteiger charge is 2.39. The summed E-state index contributed by atoms with van der Waals surface area (Å²) in [5.74, 6) is -1.03. The van der Waals surface area contributed by atoms with Crippen LogP contribution in [0.15, 0.2) is 30.3 Å². The maximum atomic E-state index is 13.0. The fourth-order valence-electron chi connectivity index (χ4n) is 4.11. The van der Waals surface area contributed by atoms with Gasteiger partial charge in [-0.1, -0.05) is 47.5 Å². The number of carbonyl (C=O) groups is 3. The molecule has 12 heteroatoms. The third-order valence-corrected chi connectivity index (χ3v) is 7.56. The van der Waals surface area contributed by atoms with Crippen LogP contribution >= 0.6 is 34.5 Å². The Morgan fingerprint density at radius 1 is 1.30 bits per heavy atom. The molecule has 174 valence electrons. The Morgan fingerprint density at radius 2 is 2.03 bits per heavy atom. The summed E-state index contributed by atoms with van der Waals surface area (Å²) in [6.45, 7) is -0.438. The summed E-state index contributed by atoms with van der Waals surface area (Å²) in [5, 5.41) is 24.2. The summed E-state index contributed by atoms with van der Waals surface area (Å²) < 4.78 is 1.19. The molecule has 1 aliphatic rings. The van der Waals surface area contributed by atoms with Crippen LogP contribution in [0.4, 0.5) is 4.79 Å². The Labute approximate surface area is 202 Å². The minimum Gasteiger partial charge on any atom is -0.465 e. The third-order valence-electron chi connectivity index (χ3n) is 5.63. The Kier molecular flexibility index (Phi) is 6.53. The lowest BCUT2D eigenvalue weighted by molar-refractivity contribution is -0.141. The SMILES string of the molecule is CN(C(=O)[C@@H](O)CNC(=O)O)[C@@H]1c2ccccc2C[C@H]1NC(=O)c1cc2sc(Cl)c(Cl)c2[nH]1. The van der Waals surface area contributed by atoms with Crippen LogP contribution in [-0.2, 0) is 11.2 Å². The van der Waals surface area contributed by atoms with Crippen LogP contribution in [0.3, 0.4) is 0 Å². The number of aromatic amines is 1. The highest BCUT2D eigenvalue weighted by Crippen LogP contribution is 2.39. The quantitative estimate of drug-likeness (QED) is 0.347. The monoisotopic (exact) mass is 510 g/mol. The van der Waals surface area contributed by atoms with Crippen molar-refractivity contribution < 1.29 is 24.6 Å². The lowest BCUT2D eigenvalue weighted by atomic mass is 10.0. The van der Waals surface area contributed by atoms with E-state index >= 15 is 0 Å². The largest absolute Gasteiger partial charge is 0.465 e. The highest BCUT2D eigenvalue weighted by atomic mass is 35.5. The summed E-state index contributed by atoms with van der Waals surface area (Å²) in [5.41, 5.74) is 2.71. The van der Waals surface area contributed by atoms with Crippen LogP contribution in [0.5, 0.6) is 0 Å². The van der Waals surface area contributed by atoms with Crippen LogP contribution in [-0.4, -0.2) is 63.7 Å². The Hall–Kier alpha value is -2.79. The van der Waals surface area contributed by atoms with Crippen LogP contribution < -0.4 is 10.6 Å². The van der Waals surface area contributed by atoms with Crippen molar-refractivity contribution >= 4 is 62.7 Å². The number of likely N-dealkylation sites (N-methyl/N-ethyl adjacent to an activating group) is 1. The van der Waals surface area contributed by atoms with E-state index in [0.29, 0.717) is 27.0 Å². The van der Waals surface area contributed by atoms with Gasteiger partial charge in [0.2, 0.25) is 0 Å². The number of carboxylic acid groups (broad SMARTS) is 1. The number of amides is 3. The lowest BCUT2D eigenvalue weighted by Crippen LogP contribution is -2.49. The summed E-state index contributed by atoms with van der Waals surface area (Å²) in [6, 6.07) is 8.14. The van der Waals surface area contributed by atoms with Gasteiger partial charge in [0.15, 0.2) is 0 Å². The number of hydrogen-bond acceptors (Lipinski definition) is 5. The van der Waals surface area contributed by atoms with E-state index in [2.05, 4.69) is 10.3 Å². The lowest BCUT2D eigenvalue weighted by Gasteiger charge is -2.32. The topological polar surface area (TPSA) is 135 Å². The average Bonchev–Trinajstić information content (AvgIpc) is 3.43. The van der Waals surface area contributed by atoms with Crippen LogP contribution in [0.25, 0.3) is 10.2 Å². The Bertz CT molecular complexity index is 1240. The van der Waals surface area contributed by atoms with E-state index in [1.807, 2.05) is 29.6 Å². The van der Waals surface area contributed by atoms with Gasteiger partial charge in [-0.05, 0) is 23.6 Å². The molecule has 3 atom stereocenters. The number of H-pyrrole nitrogens is 1. The first-order valence-electron chi connectivity index (χ1n) is 9.94. The molecule has 0 bridgehead atoms. The molecule has 3 aromatic rings. The molecule has 9 nitrogen and oxygen atoms in total. The third kappa shape index (κ3) is 4.51. The number of aliphatic hydroxyl groups is 1. The van der Waals surface area contributed by atoms with Crippen molar-refractivity contribution in [1.82, 2.24) is 20.5 Å². The van der Waals surface area contributed by atoms with Gasteiger partial charge in [-0.2, -0.15) is 0 Å². The molecule has 5 N–H and O–H groups in total. The molecule has 2 heterocycles. The molecule has 1 aliphatic carbocycles. The van der Waals surface area contributed by atoms with E-state index in [1.54, 1.807) is 6.07 Å². The smallest absolute Gasteiger partial charge is 0.404 e. The number of fused-ring (bicyclic) bond motifs is 2. The minimum absolute atomic E-state index is 0.309. The molecular formula is C21H20Cl2N4O5S. The zero-order chi connectivity index (χ0) is 23.9.